The van der Waals surface area contributed by atoms with Crippen LogP contribution in [0, 0.1) is 5.92 Å². The molecule has 0 saturated heterocycles. The number of hydrogen-bond acceptors (Lipinski definition) is 3. The van der Waals surface area contributed by atoms with Gasteiger partial charge in [-0.15, -0.1) is 0 Å². The highest BCUT2D eigenvalue weighted by Crippen LogP contribution is 2.28. The third-order valence-electron chi connectivity index (χ3n) is 4.27. The Hall–Kier alpha value is -0.770. The second-order valence-corrected chi connectivity index (χ2v) is 7.21. The molecule has 21 heavy (non-hydrogen) atoms. The predicted molar refractivity (Wildman–Crippen MR) is 87.5 cm³/mol. The van der Waals surface area contributed by atoms with Crippen LogP contribution in [0.1, 0.15) is 73.1 Å². The van der Waals surface area contributed by atoms with E-state index in [9.17, 15) is 4.79 Å². The lowest BCUT2D eigenvalue weighted by Gasteiger charge is -2.30. The quantitative estimate of drug-likeness (QED) is 0.750. The molecule has 0 aromatic carbocycles. The zero-order chi connectivity index (χ0) is 15.9. The minimum absolute atomic E-state index is 0.308. The van der Waals surface area contributed by atoms with E-state index in [0.717, 1.165) is 12.8 Å². The van der Waals surface area contributed by atoms with E-state index in [1.807, 2.05) is 20.8 Å². The summed E-state index contributed by atoms with van der Waals surface area (Å²) in [6.07, 6.45) is 7.13. The van der Waals surface area contributed by atoms with Crippen molar-refractivity contribution in [1.29, 1.82) is 0 Å². The van der Waals surface area contributed by atoms with Crippen LogP contribution in [-0.4, -0.2) is 30.3 Å². The van der Waals surface area contributed by atoms with Crippen LogP contribution in [0.15, 0.2) is 0 Å². The lowest BCUT2D eigenvalue weighted by Crippen LogP contribution is -2.49. The lowest BCUT2D eigenvalue weighted by atomic mass is 9.96. The third kappa shape index (κ3) is 7.16. The van der Waals surface area contributed by atoms with Gasteiger partial charge in [0.1, 0.15) is 5.60 Å². The first-order valence-corrected chi connectivity index (χ1v) is 8.58. The van der Waals surface area contributed by atoms with Crippen molar-refractivity contribution < 1.29 is 9.53 Å². The summed E-state index contributed by atoms with van der Waals surface area (Å²) in [6.45, 7) is 10.8. The van der Waals surface area contributed by atoms with Crippen molar-refractivity contribution in [2.24, 2.45) is 5.92 Å². The average molecular weight is 298 g/mol. The summed E-state index contributed by atoms with van der Waals surface area (Å²) < 4.78 is 5.33. The van der Waals surface area contributed by atoms with E-state index in [1.54, 1.807) is 0 Å². The molecule has 124 valence electrons. The van der Waals surface area contributed by atoms with E-state index in [-0.39, 0.29) is 6.09 Å². The molecule has 2 N–H and O–H groups in total. The van der Waals surface area contributed by atoms with E-state index in [1.165, 1.54) is 25.7 Å². The molecule has 1 rings (SSSR count). The molecule has 1 saturated carbocycles. The number of ether oxygens (including phenoxy) is 1. The fourth-order valence-electron chi connectivity index (χ4n) is 3.06. The SMILES string of the molecule is CCC(CC)NC(CNC(=O)OC(C)(C)C)C1CCCC1. The van der Waals surface area contributed by atoms with E-state index < -0.39 is 5.60 Å². The molecule has 0 radical (unpaired) electrons. The van der Waals surface area contributed by atoms with Gasteiger partial charge in [-0.3, -0.25) is 0 Å². The summed E-state index contributed by atoms with van der Waals surface area (Å²) >= 11 is 0. The maximum atomic E-state index is 11.8. The molecule has 0 aliphatic heterocycles. The second kappa shape index (κ2) is 8.62. The molecule has 0 bridgehead atoms. The Morgan fingerprint density at radius 3 is 2.24 bits per heavy atom. The predicted octanol–water partition coefficient (Wildman–Crippen LogP) is 3.85. The number of hydrogen-bond donors (Lipinski definition) is 2. The first kappa shape index (κ1) is 18.3. The highest BCUT2D eigenvalue weighted by atomic mass is 16.6. The molecule has 1 aliphatic carbocycles. The van der Waals surface area contributed by atoms with Crippen molar-refractivity contribution in [3.63, 3.8) is 0 Å². The van der Waals surface area contributed by atoms with Crippen LogP contribution in [0.4, 0.5) is 4.79 Å². The molecule has 1 atom stereocenters. The van der Waals surface area contributed by atoms with E-state index in [0.29, 0.717) is 24.5 Å². The molecule has 0 heterocycles. The van der Waals surface area contributed by atoms with Crippen molar-refractivity contribution in [2.45, 2.75) is 90.8 Å². The van der Waals surface area contributed by atoms with E-state index in [2.05, 4.69) is 24.5 Å². The first-order chi connectivity index (χ1) is 9.85. The number of nitrogens with one attached hydrogen (secondary N) is 2. The van der Waals surface area contributed by atoms with Crippen molar-refractivity contribution >= 4 is 6.09 Å². The number of alkyl carbamates (subject to hydrolysis) is 1. The maximum absolute atomic E-state index is 11.8. The van der Waals surface area contributed by atoms with Gasteiger partial charge >= 0.3 is 6.09 Å². The molecule has 4 heteroatoms. The van der Waals surface area contributed by atoms with Gasteiger partial charge in [0.2, 0.25) is 0 Å². The summed E-state index contributed by atoms with van der Waals surface area (Å²) in [5.74, 6) is 0.681. The summed E-state index contributed by atoms with van der Waals surface area (Å²) in [5.41, 5.74) is -0.435. The Morgan fingerprint density at radius 2 is 1.76 bits per heavy atom. The molecule has 0 aromatic rings. The smallest absolute Gasteiger partial charge is 0.407 e. The van der Waals surface area contributed by atoms with E-state index >= 15 is 0 Å². The minimum atomic E-state index is -0.435. The van der Waals surface area contributed by atoms with Crippen LogP contribution in [0.3, 0.4) is 0 Å². The Morgan fingerprint density at radius 1 is 1.19 bits per heavy atom. The molecular formula is C17H34N2O2. The topological polar surface area (TPSA) is 50.4 Å². The number of amides is 1. The van der Waals surface area contributed by atoms with Crippen LogP contribution in [0.25, 0.3) is 0 Å². The van der Waals surface area contributed by atoms with Gasteiger partial charge in [0.05, 0.1) is 0 Å². The van der Waals surface area contributed by atoms with Gasteiger partial charge in [0, 0.05) is 18.6 Å². The molecule has 1 amide bonds. The highest BCUT2D eigenvalue weighted by Gasteiger charge is 2.27. The van der Waals surface area contributed by atoms with Gasteiger partial charge in [-0.25, -0.2) is 4.79 Å². The number of rotatable bonds is 7. The largest absolute Gasteiger partial charge is 0.444 e. The van der Waals surface area contributed by atoms with E-state index in [4.69, 9.17) is 4.74 Å². The van der Waals surface area contributed by atoms with Crippen LogP contribution < -0.4 is 10.6 Å². The standard InChI is InChI=1S/C17H34N2O2/c1-6-14(7-2)19-15(13-10-8-9-11-13)12-18-16(20)21-17(3,4)5/h13-15,19H,6-12H2,1-5H3,(H,18,20). The Kier molecular flexibility index (Phi) is 7.50. The fraction of sp³-hybridized carbons (Fsp3) is 0.941. The minimum Gasteiger partial charge on any atom is -0.444 e. The lowest BCUT2D eigenvalue weighted by molar-refractivity contribution is 0.0516. The van der Waals surface area contributed by atoms with Gasteiger partial charge < -0.3 is 15.4 Å². The van der Waals surface area contributed by atoms with Crippen molar-refractivity contribution in [3.8, 4) is 0 Å². The summed E-state index contributed by atoms with van der Waals surface area (Å²) in [6, 6.07) is 0.904. The average Bonchev–Trinajstić information content (AvgIpc) is 2.91. The Bertz CT molecular complexity index is 302. The third-order valence-corrected chi connectivity index (χ3v) is 4.27. The van der Waals surface area contributed by atoms with Gasteiger partial charge in [-0.2, -0.15) is 0 Å². The molecular weight excluding hydrogens is 264 g/mol. The van der Waals surface area contributed by atoms with Crippen molar-refractivity contribution in [3.05, 3.63) is 0 Å². The zero-order valence-corrected chi connectivity index (χ0v) is 14.5. The fourth-order valence-corrected chi connectivity index (χ4v) is 3.06. The van der Waals surface area contributed by atoms with Crippen molar-refractivity contribution in [1.82, 2.24) is 10.6 Å². The number of carbonyl (C=O) groups excluding carboxylic acids is 1. The zero-order valence-electron chi connectivity index (χ0n) is 14.5. The van der Waals surface area contributed by atoms with Crippen LogP contribution >= 0.6 is 0 Å². The van der Waals surface area contributed by atoms with Crippen LogP contribution in [0.2, 0.25) is 0 Å². The summed E-state index contributed by atoms with van der Waals surface area (Å²) in [4.78, 5) is 11.8. The van der Waals surface area contributed by atoms with Crippen LogP contribution in [-0.2, 0) is 4.74 Å². The number of carbonyl (C=O) groups is 1. The van der Waals surface area contributed by atoms with Gasteiger partial charge in [-0.1, -0.05) is 26.7 Å². The molecule has 1 aliphatic rings. The van der Waals surface area contributed by atoms with Gasteiger partial charge in [0.25, 0.3) is 0 Å². The summed E-state index contributed by atoms with van der Waals surface area (Å²) in [7, 11) is 0. The monoisotopic (exact) mass is 298 g/mol. The second-order valence-electron chi connectivity index (χ2n) is 7.21. The summed E-state index contributed by atoms with van der Waals surface area (Å²) in [5, 5.41) is 6.69. The maximum Gasteiger partial charge on any atom is 0.407 e. The highest BCUT2D eigenvalue weighted by molar-refractivity contribution is 5.67. The molecule has 1 unspecified atom stereocenters. The van der Waals surface area contributed by atoms with Gasteiger partial charge in [-0.05, 0) is 52.4 Å². The molecule has 0 aromatic heterocycles. The van der Waals surface area contributed by atoms with Crippen LogP contribution in [0.5, 0.6) is 0 Å². The van der Waals surface area contributed by atoms with Crippen molar-refractivity contribution in [2.75, 3.05) is 6.54 Å². The molecule has 1 fully saturated rings. The molecule has 4 nitrogen and oxygen atoms in total. The molecule has 0 spiro atoms. The Labute approximate surface area is 130 Å². The van der Waals surface area contributed by atoms with Gasteiger partial charge in [0.15, 0.2) is 0 Å². The normalized spacial score (nSPS) is 18.0. The first-order valence-electron chi connectivity index (χ1n) is 8.58. The Balaban J connectivity index is 2.50.